The maximum absolute atomic E-state index is 10.8. The van der Waals surface area contributed by atoms with E-state index in [0.29, 0.717) is 5.69 Å². The van der Waals surface area contributed by atoms with E-state index < -0.39 is 0 Å². The average Bonchev–Trinajstić information content (AvgIpc) is 3.23. The summed E-state index contributed by atoms with van der Waals surface area (Å²) >= 11 is 0. The van der Waals surface area contributed by atoms with E-state index in [1.54, 1.807) is 6.07 Å². The first-order valence-corrected chi connectivity index (χ1v) is 10.7. The minimum Gasteiger partial charge on any atom is -0.506 e. The van der Waals surface area contributed by atoms with Crippen molar-refractivity contribution >= 4 is 38.4 Å². The quantitative estimate of drug-likeness (QED) is 0.290. The number of rotatable bonds is 3. The van der Waals surface area contributed by atoms with E-state index in [0.717, 1.165) is 38.6 Å². The van der Waals surface area contributed by atoms with Crippen LogP contribution in [0.15, 0.2) is 101 Å². The Labute approximate surface area is 185 Å². The maximum atomic E-state index is 10.8. The molecule has 0 radical (unpaired) electrons. The standard InChI is InChI=1S/C29H21NO2/c1-30-28-25(31)17-24(29-27(28)23-8-4-5-9-26(23)32-29)20-13-10-19(11-14-20)22-15-12-18-6-2-3-7-21(18)16-22/h2-17,30-31H,1H3. The van der Waals surface area contributed by atoms with Crippen molar-refractivity contribution < 1.29 is 9.52 Å². The lowest BCUT2D eigenvalue weighted by molar-refractivity contribution is 0.478. The van der Waals surface area contributed by atoms with Gasteiger partial charge in [0.1, 0.15) is 16.9 Å². The Morgan fingerprint density at radius 2 is 1.38 bits per heavy atom. The van der Waals surface area contributed by atoms with E-state index in [9.17, 15) is 5.11 Å². The molecule has 0 amide bonds. The monoisotopic (exact) mass is 415 g/mol. The van der Waals surface area contributed by atoms with Crippen LogP contribution in [0.2, 0.25) is 0 Å². The predicted octanol–water partition coefficient (Wildman–Crippen LogP) is 7.82. The molecule has 6 aromatic rings. The number of phenols is 1. The maximum Gasteiger partial charge on any atom is 0.145 e. The number of aromatic hydroxyl groups is 1. The van der Waals surface area contributed by atoms with E-state index in [4.69, 9.17) is 4.42 Å². The van der Waals surface area contributed by atoms with Crippen LogP contribution in [0.4, 0.5) is 5.69 Å². The minimum atomic E-state index is 0.208. The highest BCUT2D eigenvalue weighted by Crippen LogP contribution is 2.44. The number of anilines is 1. The third-order valence-electron chi connectivity index (χ3n) is 6.16. The molecule has 1 aromatic heterocycles. The fraction of sp³-hybridized carbons (Fsp3) is 0.0345. The van der Waals surface area contributed by atoms with Crippen molar-refractivity contribution in [2.24, 2.45) is 0 Å². The van der Waals surface area contributed by atoms with E-state index in [1.807, 2.05) is 31.3 Å². The third kappa shape index (κ3) is 2.83. The fourth-order valence-electron chi connectivity index (χ4n) is 4.56. The van der Waals surface area contributed by atoms with Crippen molar-refractivity contribution in [2.45, 2.75) is 0 Å². The van der Waals surface area contributed by atoms with Crippen LogP contribution >= 0.6 is 0 Å². The van der Waals surface area contributed by atoms with Crippen LogP contribution in [0.25, 0.3) is 55.0 Å². The van der Waals surface area contributed by atoms with Gasteiger partial charge in [0.05, 0.1) is 11.1 Å². The van der Waals surface area contributed by atoms with Gasteiger partial charge in [-0.1, -0.05) is 78.9 Å². The zero-order chi connectivity index (χ0) is 21.7. The van der Waals surface area contributed by atoms with Crippen molar-refractivity contribution in [3.05, 3.63) is 97.1 Å². The molecule has 32 heavy (non-hydrogen) atoms. The Bertz CT molecular complexity index is 1610. The largest absolute Gasteiger partial charge is 0.506 e. The van der Waals surface area contributed by atoms with Crippen molar-refractivity contribution in [2.75, 3.05) is 12.4 Å². The smallest absolute Gasteiger partial charge is 0.145 e. The zero-order valence-corrected chi connectivity index (χ0v) is 17.6. The molecular formula is C29H21NO2. The van der Waals surface area contributed by atoms with Gasteiger partial charge in [-0.15, -0.1) is 0 Å². The Morgan fingerprint density at radius 1 is 0.688 bits per heavy atom. The van der Waals surface area contributed by atoms with Crippen molar-refractivity contribution in [1.29, 1.82) is 0 Å². The lowest BCUT2D eigenvalue weighted by atomic mass is 9.96. The van der Waals surface area contributed by atoms with Gasteiger partial charge < -0.3 is 14.8 Å². The highest BCUT2D eigenvalue weighted by molar-refractivity contribution is 6.17. The second-order valence-electron chi connectivity index (χ2n) is 8.01. The molecule has 6 rings (SSSR count). The summed E-state index contributed by atoms with van der Waals surface area (Å²) in [6, 6.07) is 33.0. The predicted molar refractivity (Wildman–Crippen MR) is 133 cm³/mol. The number of hydrogen-bond acceptors (Lipinski definition) is 3. The molecule has 154 valence electrons. The van der Waals surface area contributed by atoms with Gasteiger partial charge in [-0.25, -0.2) is 0 Å². The van der Waals surface area contributed by atoms with Gasteiger partial charge in [-0.2, -0.15) is 0 Å². The molecular weight excluding hydrogens is 394 g/mol. The molecule has 0 bridgehead atoms. The van der Waals surface area contributed by atoms with Crippen molar-refractivity contribution in [3.63, 3.8) is 0 Å². The SMILES string of the molecule is CNc1c(O)cc(-c2ccc(-c3ccc4ccccc4c3)cc2)c2oc3ccccc3c12. The molecule has 0 fully saturated rings. The third-order valence-corrected chi connectivity index (χ3v) is 6.16. The molecule has 0 atom stereocenters. The number of para-hydroxylation sites is 1. The molecule has 3 heteroatoms. The zero-order valence-electron chi connectivity index (χ0n) is 17.6. The molecule has 3 nitrogen and oxygen atoms in total. The summed E-state index contributed by atoms with van der Waals surface area (Å²) in [5, 5.41) is 18.2. The van der Waals surface area contributed by atoms with Gasteiger partial charge in [0, 0.05) is 18.0 Å². The Hall–Kier alpha value is -4.24. The summed E-state index contributed by atoms with van der Waals surface area (Å²) in [5.74, 6) is 0.208. The van der Waals surface area contributed by atoms with Gasteiger partial charge >= 0.3 is 0 Å². The molecule has 0 unspecified atom stereocenters. The Morgan fingerprint density at radius 3 is 2.19 bits per heavy atom. The van der Waals surface area contributed by atoms with E-state index in [2.05, 4.69) is 72.0 Å². The van der Waals surface area contributed by atoms with E-state index in [1.165, 1.54) is 16.3 Å². The van der Waals surface area contributed by atoms with Gasteiger partial charge in [-0.05, 0) is 45.7 Å². The van der Waals surface area contributed by atoms with Crippen LogP contribution in [0.3, 0.4) is 0 Å². The highest BCUT2D eigenvalue weighted by Gasteiger charge is 2.19. The first-order valence-electron chi connectivity index (χ1n) is 10.7. The molecule has 0 aliphatic carbocycles. The second-order valence-corrected chi connectivity index (χ2v) is 8.01. The summed E-state index contributed by atoms with van der Waals surface area (Å²) in [6.45, 7) is 0. The number of fused-ring (bicyclic) bond motifs is 4. The van der Waals surface area contributed by atoms with Gasteiger partial charge in [0.25, 0.3) is 0 Å². The number of benzene rings is 5. The minimum absolute atomic E-state index is 0.208. The fourth-order valence-corrected chi connectivity index (χ4v) is 4.56. The van der Waals surface area contributed by atoms with Gasteiger partial charge in [0.2, 0.25) is 0 Å². The van der Waals surface area contributed by atoms with Gasteiger partial charge in [-0.3, -0.25) is 0 Å². The summed E-state index contributed by atoms with van der Waals surface area (Å²) in [4.78, 5) is 0. The van der Waals surface area contributed by atoms with Crippen molar-refractivity contribution in [3.8, 4) is 28.0 Å². The Kier molecular flexibility index (Phi) is 4.15. The van der Waals surface area contributed by atoms with E-state index in [-0.39, 0.29) is 5.75 Å². The summed E-state index contributed by atoms with van der Waals surface area (Å²) in [7, 11) is 1.81. The molecule has 0 aliphatic rings. The van der Waals surface area contributed by atoms with Crippen LogP contribution in [-0.2, 0) is 0 Å². The normalized spacial score (nSPS) is 11.4. The Balaban J connectivity index is 1.50. The van der Waals surface area contributed by atoms with E-state index >= 15 is 0 Å². The average molecular weight is 415 g/mol. The number of hydrogen-bond donors (Lipinski definition) is 2. The summed E-state index contributed by atoms with van der Waals surface area (Å²) < 4.78 is 6.25. The number of nitrogens with one attached hydrogen (secondary N) is 1. The molecule has 2 N–H and O–H groups in total. The van der Waals surface area contributed by atoms with Crippen LogP contribution < -0.4 is 5.32 Å². The topological polar surface area (TPSA) is 45.4 Å². The summed E-state index contributed by atoms with van der Waals surface area (Å²) in [6.07, 6.45) is 0. The van der Waals surface area contributed by atoms with Crippen LogP contribution in [0.1, 0.15) is 0 Å². The van der Waals surface area contributed by atoms with Crippen LogP contribution in [-0.4, -0.2) is 12.2 Å². The second kappa shape index (κ2) is 7.17. The highest BCUT2D eigenvalue weighted by atomic mass is 16.3. The molecule has 0 aliphatic heterocycles. The lowest BCUT2D eigenvalue weighted by Crippen LogP contribution is -1.91. The summed E-state index contributed by atoms with van der Waals surface area (Å²) in [5.41, 5.74) is 6.45. The molecule has 5 aromatic carbocycles. The molecule has 0 saturated carbocycles. The van der Waals surface area contributed by atoms with Gasteiger partial charge in [0.15, 0.2) is 0 Å². The lowest BCUT2D eigenvalue weighted by Gasteiger charge is -2.11. The molecule has 0 spiro atoms. The first kappa shape index (κ1) is 18.5. The molecule has 1 heterocycles. The molecule has 0 saturated heterocycles. The van der Waals surface area contributed by atoms with Crippen LogP contribution in [0, 0.1) is 0 Å². The van der Waals surface area contributed by atoms with Crippen LogP contribution in [0.5, 0.6) is 5.75 Å². The number of phenolic OH excluding ortho intramolecular Hbond substituents is 1. The first-order chi connectivity index (χ1) is 15.7. The van der Waals surface area contributed by atoms with Crippen molar-refractivity contribution in [1.82, 2.24) is 0 Å². The number of furan rings is 1.